The van der Waals surface area contributed by atoms with Gasteiger partial charge in [0.15, 0.2) is 0 Å². The van der Waals surface area contributed by atoms with Crippen LogP contribution in [0.25, 0.3) is 0 Å². The third-order valence-corrected chi connectivity index (χ3v) is 2.79. The van der Waals surface area contributed by atoms with Gasteiger partial charge in [-0.1, -0.05) is 12.1 Å². The van der Waals surface area contributed by atoms with Gasteiger partial charge in [-0.15, -0.1) is 0 Å². The van der Waals surface area contributed by atoms with Crippen LogP contribution in [0.3, 0.4) is 0 Å². The van der Waals surface area contributed by atoms with Crippen molar-refractivity contribution in [1.82, 2.24) is 0 Å². The number of nitriles is 1. The Morgan fingerprint density at radius 3 is 2.60 bits per heavy atom. The highest BCUT2D eigenvalue weighted by Gasteiger charge is 2.12. The van der Waals surface area contributed by atoms with E-state index in [0.29, 0.717) is 11.3 Å². The molecule has 0 aliphatic rings. The minimum Gasteiger partial charge on any atom is -0.387 e. The van der Waals surface area contributed by atoms with Gasteiger partial charge in [-0.2, -0.15) is 5.26 Å². The van der Waals surface area contributed by atoms with E-state index in [1.165, 1.54) is 12.1 Å². The summed E-state index contributed by atoms with van der Waals surface area (Å²) >= 11 is 0. The molecule has 2 aromatic rings. The van der Waals surface area contributed by atoms with Gasteiger partial charge < -0.3 is 10.6 Å². The van der Waals surface area contributed by atoms with Crippen LogP contribution in [-0.2, 0) is 0 Å². The summed E-state index contributed by atoms with van der Waals surface area (Å²) in [5.74, 6) is -1.06. The molecule has 0 aliphatic carbocycles. The molecule has 5 heteroatoms. The van der Waals surface area contributed by atoms with Gasteiger partial charge in [-0.05, 0) is 30.3 Å². The Kier molecular flexibility index (Phi) is 3.96. The molecule has 0 bridgehead atoms. The molecule has 0 atom stereocenters. The molecule has 0 aliphatic heterocycles. The lowest BCUT2D eigenvalue weighted by molar-refractivity contribution is 0.102. The van der Waals surface area contributed by atoms with E-state index in [1.54, 1.807) is 31.3 Å². The normalized spacial score (nSPS) is 9.65. The van der Waals surface area contributed by atoms with Crippen LogP contribution < -0.4 is 10.6 Å². The minimum absolute atomic E-state index is 0.0416. The quantitative estimate of drug-likeness (QED) is 0.900. The third kappa shape index (κ3) is 2.75. The average Bonchev–Trinajstić information content (AvgIpc) is 2.49. The zero-order valence-electron chi connectivity index (χ0n) is 10.8. The number of anilines is 2. The predicted molar refractivity (Wildman–Crippen MR) is 75.1 cm³/mol. The zero-order chi connectivity index (χ0) is 14.5. The van der Waals surface area contributed by atoms with E-state index >= 15 is 0 Å². The maximum atomic E-state index is 13.7. The van der Waals surface area contributed by atoms with Crippen molar-refractivity contribution in [2.24, 2.45) is 0 Å². The van der Waals surface area contributed by atoms with Crippen molar-refractivity contribution in [2.45, 2.75) is 0 Å². The van der Waals surface area contributed by atoms with Gasteiger partial charge in [0.1, 0.15) is 5.82 Å². The summed E-state index contributed by atoms with van der Waals surface area (Å²) in [5.41, 5.74) is 1.31. The molecular formula is C15H12FN3O. The summed E-state index contributed by atoms with van der Waals surface area (Å²) in [6.45, 7) is 0. The molecule has 0 saturated carbocycles. The highest BCUT2D eigenvalue weighted by molar-refractivity contribution is 6.08. The first-order chi connectivity index (χ1) is 9.65. The minimum atomic E-state index is -0.640. The molecule has 0 heterocycles. The van der Waals surface area contributed by atoms with Crippen molar-refractivity contribution < 1.29 is 9.18 Å². The van der Waals surface area contributed by atoms with Crippen molar-refractivity contribution in [2.75, 3.05) is 17.7 Å². The molecule has 2 rings (SSSR count). The van der Waals surface area contributed by atoms with E-state index in [0.717, 1.165) is 6.07 Å². The molecule has 4 nitrogen and oxygen atoms in total. The molecule has 100 valence electrons. The lowest BCUT2D eigenvalue weighted by Crippen LogP contribution is -2.14. The Morgan fingerprint density at radius 1 is 1.20 bits per heavy atom. The molecule has 1 amide bonds. The number of hydrogen-bond acceptors (Lipinski definition) is 3. The average molecular weight is 269 g/mol. The predicted octanol–water partition coefficient (Wildman–Crippen LogP) is 2.99. The second-order valence-corrected chi connectivity index (χ2v) is 4.06. The largest absolute Gasteiger partial charge is 0.387 e. The van der Waals surface area contributed by atoms with Gasteiger partial charge in [0, 0.05) is 12.7 Å². The monoisotopic (exact) mass is 269 g/mol. The summed E-state index contributed by atoms with van der Waals surface area (Å²) in [6.07, 6.45) is 0. The molecule has 0 unspecified atom stereocenters. The number of nitrogens with zero attached hydrogens (tertiary/aromatic N) is 1. The Morgan fingerprint density at radius 2 is 1.95 bits per heavy atom. The second-order valence-electron chi connectivity index (χ2n) is 4.06. The van der Waals surface area contributed by atoms with Crippen LogP contribution in [0.4, 0.5) is 15.8 Å². The summed E-state index contributed by atoms with van der Waals surface area (Å²) in [6, 6.07) is 12.7. The van der Waals surface area contributed by atoms with Crippen molar-refractivity contribution in [3.8, 4) is 6.07 Å². The number of halogens is 1. The van der Waals surface area contributed by atoms with Crippen LogP contribution in [-0.4, -0.2) is 13.0 Å². The number of nitrogens with one attached hydrogen (secondary N) is 2. The maximum Gasteiger partial charge on any atom is 0.257 e. The lowest BCUT2D eigenvalue weighted by Gasteiger charge is -2.10. The molecular weight excluding hydrogens is 257 g/mol. The van der Waals surface area contributed by atoms with E-state index in [4.69, 9.17) is 5.26 Å². The molecule has 2 N–H and O–H groups in total. The fraction of sp³-hybridized carbons (Fsp3) is 0.0667. The van der Waals surface area contributed by atoms with Gasteiger partial charge in [-0.25, -0.2) is 4.39 Å². The Bertz CT molecular complexity index is 692. The summed E-state index contributed by atoms with van der Waals surface area (Å²) in [4.78, 5) is 12.1. The molecule has 0 saturated heterocycles. The van der Waals surface area contributed by atoms with Crippen molar-refractivity contribution >= 4 is 17.3 Å². The number of benzene rings is 2. The molecule has 0 aromatic heterocycles. The van der Waals surface area contributed by atoms with Crippen molar-refractivity contribution in [1.29, 1.82) is 5.26 Å². The van der Waals surface area contributed by atoms with Gasteiger partial charge in [0.05, 0.1) is 22.9 Å². The summed E-state index contributed by atoms with van der Waals surface area (Å²) < 4.78 is 13.7. The second kappa shape index (κ2) is 5.85. The van der Waals surface area contributed by atoms with Gasteiger partial charge in [0.25, 0.3) is 5.91 Å². The number of rotatable bonds is 3. The van der Waals surface area contributed by atoms with Gasteiger partial charge in [0.2, 0.25) is 0 Å². The summed E-state index contributed by atoms with van der Waals surface area (Å²) in [5, 5.41) is 14.1. The molecule has 0 radical (unpaired) electrons. The van der Waals surface area contributed by atoms with Crippen molar-refractivity contribution in [3.05, 3.63) is 59.4 Å². The number of hydrogen-bond donors (Lipinski definition) is 2. The first kappa shape index (κ1) is 13.6. The Hall–Kier alpha value is -2.87. The Balaban J connectivity index is 2.26. The lowest BCUT2D eigenvalue weighted by atomic mass is 10.1. The third-order valence-electron chi connectivity index (χ3n) is 2.79. The number of para-hydroxylation sites is 1. The van der Waals surface area contributed by atoms with E-state index in [-0.39, 0.29) is 11.3 Å². The van der Waals surface area contributed by atoms with E-state index in [1.807, 2.05) is 6.07 Å². The fourth-order valence-corrected chi connectivity index (χ4v) is 1.77. The van der Waals surface area contributed by atoms with Crippen LogP contribution in [0, 0.1) is 17.1 Å². The fourth-order valence-electron chi connectivity index (χ4n) is 1.77. The zero-order valence-corrected chi connectivity index (χ0v) is 10.8. The summed E-state index contributed by atoms with van der Waals surface area (Å²) in [7, 11) is 1.70. The smallest absolute Gasteiger partial charge is 0.257 e. The number of carbonyl (C=O) groups excluding carboxylic acids is 1. The topological polar surface area (TPSA) is 64.9 Å². The van der Waals surface area contributed by atoms with Crippen molar-refractivity contribution in [3.63, 3.8) is 0 Å². The molecule has 0 spiro atoms. The van der Waals surface area contributed by atoms with Crippen LogP contribution >= 0.6 is 0 Å². The first-order valence-corrected chi connectivity index (χ1v) is 5.93. The Labute approximate surface area is 115 Å². The van der Waals surface area contributed by atoms with Gasteiger partial charge >= 0.3 is 0 Å². The van der Waals surface area contributed by atoms with Crippen LogP contribution in [0.2, 0.25) is 0 Å². The number of carbonyl (C=O) groups is 1. The van der Waals surface area contributed by atoms with Gasteiger partial charge in [-0.3, -0.25) is 4.79 Å². The number of amides is 1. The maximum absolute atomic E-state index is 13.7. The standard InChI is InChI=1S/C15H12FN3O/c1-18-13-5-3-2-4-11(13)15(20)19-14-7-6-10(9-17)8-12(14)16/h2-8,18H,1H3,(H,19,20). The van der Waals surface area contributed by atoms with Crippen LogP contribution in [0.5, 0.6) is 0 Å². The molecule has 0 fully saturated rings. The van der Waals surface area contributed by atoms with E-state index in [9.17, 15) is 9.18 Å². The first-order valence-electron chi connectivity index (χ1n) is 5.93. The van der Waals surface area contributed by atoms with Crippen LogP contribution in [0.15, 0.2) is 42.5 Å². The van der Waals surface area contributed by atoms with E-state index < -0.39 is 11.7 Å². The molecule has 20 heavy (non-hydrogen) atoms. The van der Waals surface area contributed by atoms with Crippen LogP contribution in [0.1, 0.15) is 15.9 Å². The van der Waals surface area contributed by atoms with E-state index in [2.05, 4.69) is 10.6 Å². The molecule has 2 aromatic carbocycles. The highest BCUT2D eigenvalue weighted by Crippen LogP contribution is 2.19. The highest BCUT2D eigenvalue weighted by atomic mass is 19.1. The SMILES string of the molecule is CNc1ccccc1C(=O)Nc1ccc(C#N)cc1F.